The second-order valence-corrected chi connectivity index (χ2v) is 6.46. The Morgan fingerprint density at radius 2 is 1.54 bits per heavy atom. The number of rotatable bonds is 8. The highest BCUT2D eigenvalue weighted by Gasteiger charge is 2.41. The van der Waals surface area contributed by atoms with Gasteiger partial charge in [0.25, 0.3) is 0 Å². The standard InChI is InChI=1S/C21H24O3/c22-15-19-20(24-21(19)23)13-12-18-11-5-10-17(14-18)9-4-8-16-6-2-1-3-7-16/h1-3,5-7,10-11,14,19-20,22H,4,8-9,12-13,15H2/t19-,20-/m1/s1. The quantitative estimate of drug-likeness (QED) is 0.758. The van der Waals surface area contributed by atoms with Crippen LogP contribution in [0.15, 0.2) is 54.6 Å². The second-order valence-electron chi connectivity index (χ2n) is 6.46. The summed E-state index contributed by atoms with van der Waals surface area (Å²) >= 11 is 0. The lowest BCUT2D eigenvalue weighted by Crippen LogP contribution is -2.47. The Morgan fingerprint density at radius 1 is 0.875 bits per heavy atom. The Labute approximate surface area is 143 Å². The molecule has 2 aromatic rings. The van der Waals surface area contributed by atoms with Gasteiger partial charge in [-0.1, -0.05) is 54.6 Å². The zero-order valence-electron chi connectivity index (χ0n) is 13.9. The topological polar surface area (TPSA) is 46.5 Å². The smallest absolute Gasteiger partial charge is 0.315 e. The molecular weight excluding hydrogens is 300 g/mol. The van der Waals surface area contributed by atoms with E-state index in [4.69, 9.17) is 9.84 Å². The van der Waals surface area contributed by atoms with E-state index < -0.39 is 0 Å². The van der Waals surface area contributed by atoms with Crippen molar-refractivity contribution in [3.63, 3.8) is 0 Å². The maximum atomic E-state index is 11.2. The van der Waals surface area contributed by atoms with E-state index in [0.717, 1.165) is 32.1 Å². The molecule has 0 radical (unpaired) electrons. The molecule has 1 N–H and O–H groups in total. The minimum absolute atomic E-state index is 0.108. The number of esters is 1. The minimum Gasteiger partial charge on any atom is -0.461 e. The average Bonchev–Trinajstić information content (AvgIpc) is 2.60. The highest BCUT2D eigenvalue weighted by atomic mass is 16.6. The molecule has 1 aliphatic rings. The maximum absolute atomic E-state index is 11.2. The summed E-state index contributed by atoms with van der Waals surface area (Å²) in [7, 11) is 0. The zero-order valence-corrected chi connectivity index (χ0v) is 13.9. The van der Waals surface area contributed by atoms with Crippen LogP contribution in [0.25, 0.3) is 0 Å². The van der Waals surface area contributed by atoms with E-state index in [9.17, 15) is 4.79 Å². The lowest BCUT2D eigenvalue weighted by Gasteiger charge is -2.33. The molecule has 1 saturated heterocycles. The molecule has 0 spiro atoms. The molecule has 2 aromatic carbocycles. The Hall–Kier alpha value is -2.13. The number of aliphatic hydroxyl groups excluding tert-OH is 1. The zero-order chi connectivity index (χ0) is 16.8. The number of cyclic esters (lactones) is 1. The maximum Gasteiger partial charge on any atom is 0.315 e. The molecule has 0 aromatic heterocycles. The number of hydrogen-bond acceptors (Lipinski definition) is 3. The summed E-state index contributed by atoms with van der Waals surface area (Å²) in [5.41, 5.74) is 4.01. The number of aryl methyl sites for hydroxylation is 3. The van der Waals surface area contributed by atoms with E-state index in [1.54, 1.807) is 0 Å². The molecule has 0 unspecified atom stereocenters. The van der Waals surface area contributed by atoms with Gasteiger partial charge in [0.2, 0.25) is 0 Å². The SMILES string of the molecule is O=C1O[C@H](CCc2cccc(CCCc3ccccc3)c2)[C@H]1CO. The molecule has 0 saturated carbocycles. The number of ether oxygens (including phenoxy) is 1. The van der Waals surface area contributed by atoms with Gasteiger partial charge >= 0.3 is 5.97 Å². The fourth-order valence-corrected chi connectivity index (χ4v) is 3.24. The van der Waals surface area contributed by atoms with Crippen LogP contribution < -0.4 is 0 Å². The Kier molecular flexibility index (Phi) is 5.65. The molecule has 1 heterocycles. The molecule has 0 amide bonds. The van der Waals surface area contributed by atoms with Gasteiger partial charge in [-0.15, -0.1) is 0 Å². The van der Waals surface area contributed by atoms with Gasteiger partial charge in [0.05, 0.1) is 6.61 Å². The third-order valence-electron chi connectivity index (χ3n) is 4.70. The van der Waals surface area contributed by atoms with E-state index in [2.05, 4.69) is 48.5 Å². The lowest BCUT2D eigenvalue weighted by molar-refractivity contribution is -0.188. The van der Waals surface area contributed by atoms with E-state index in [1.165, 1.54) is 16.7 Å². The number of aliphatic hydroxyl groups is 1. The van der Waals surface area contributed by atoms with Crippen LogP contribution in [0, 0.1) is 5.92 Å². The van der Waals surface area contributed by atoms with Crippen molar-refractivity contribution in [3.8, 4) is 0 Å². The summed E-state index contributed by atoms with van der Waals surface area (Å²) in [6.45, 7) is -0.108. The highest BCUT2D eigenvalue weighted by molar-refractivity contribution is 5.78. The lowest BCUT2D eigenvalue weighted by atomic mass is 9.92. The van der Waals surface area contributed by atoms with Gasteiger partial charge in [-0.2, -0.15) is 0 Å². The molecule has 3 nitrogen and oxygen atoms in total. The van der Waals surface area contributed by atoms with Gasteiger partial charge in [-0.25, -0.2) is 0 Å². The minimum atomic E-state index is -0.320. The first-order valence-electron chi connectivity index (χ1n) is 8.69. The Balaban J connectivity index is 1.46. The van der Waals surface area contributed by atoms with Crippen LogP contribution in [0.3, 0.4) is 0 Å². The first-order chi connectivity index (χ1) is 11.8. The van der Waals surface area contributed by atoms with Crippen LogP contribution >= 0.6 is 0 Å². The van der Waals surface area contributed by atoms with Crippen molar-refractivity contribution in [1.29, 1.82) is 0 Å². The fraction of sp³-hybridized carbons (Fsp3) is 0.381. The van der Waals surface area contributed by atoms with Crippen molar-refractivity contribution >= 4 is 5.97 Å². The van der Waals surface area contributed by atoms with Crippen LogP contribution in [0.2, 0.25) is 0 Å². The van der Waals surface area contributed by atoms with Crippen molar-refractivity contribution in [1.82, 2.24) is 0 Å². The van der Waals surface area contributed by atoms with Crippen LogP contribution in [-0.2, 0) is 28.8 Å². The van der Waals surface area contributed by atoms with Gasteiger partial charge in [-0.05, 0) is 48.8 Å². The van der Waals surface area contributed by atoms with Crippen LogP contribution in [0.1, 0.15) is 29.5 Å². The van der Waals surface area contributed by atoms with Gasteiger partial charge in [0.1, 0.15) is 12.0 Å². The van der Waals surface area contributed by atoms with Crippen molar-refractivity contribution in [2.75, 3.05) is 6.61 Å². The largest absolute Gasteiger partial charge is 0.461 e. The third-order valence-corrected chi connectivity index (χ3v) is 4.70. The van der Waals surface area contributed by atoms with Crippen LogP contribution in [0.4, 0.5) is 0 Å². The predicted octanol–water partition coefficient (Wildman–Crippen LogP) is 3.33. The molecule has 1 fully saturated rings. The summed E-state index contributed by atoms with van der Waals surface area (Å²) in [6, 6.07) is 19.2. The number of carbonyl (C=O) groups excluding carboxylic acids is 1. The number of hydrogen-bond donors (Lipinski definition) is 1. The normalized spacial score (nSPS) is 19.6. The van der Waals surface area contributed by atoms with Crippen LogP contribution in [-0.4, -0.2) is 23.8 Å². The highest BCUT2D eigenvalue weighted by Crippen LogP contribution is 2.26. The average molecular weight is 324 g/mol. The van der Waals surface area contributed by atoms with Gasteiger partial charge in [0, 0.05) is 0 Å². The van der Waals surface area contributed by atoms with E-state index in [0.29, 0.717) is 0 Å². The van der Waals surface area contributed by atoms with Crippen molar-refractivity contribution in [3.05, 3.63) is 71.3 Å². The number of carbonyl (C=O) groups is 1. The molecule has 3 rings (SSSR count). The van der Waals surface area contributed by atoms with Gasteiger partial charge in [0.15, 0.2) is 0 Å². The first-order valence-corrected chi connectivity index (χ1v) is 8.69. The van der Waals surface area contributed by atoms with Crippen molar-refractivity contribution < 1.29 is 14.6 Å². The Morgan fingerprint density at radius 3 is 2.25 bits per heavy atom. The van der Waals surface area contributed by atoms with E-state index in [-0.39, 0.29) is 24.6 Å². The molecule has 24 heavy (non-hydrogen) atoms. The summed E-state index contributed by atoms with van der Waals surface area (Å²) < 4.78 is 5.11. The molecule has 0 bridgehead atoms. The first kappa shape index (κ1) is 16.7. The Bertz CT molecular complexity index is 666. The van der Waals surface area contributed by atoms with Crippen LogP contribution in [0.5, 0.6) is 0 Å². The fourth-order valence-electron chi connectivity index (χ4n) is 3.24. The summed E-state index contributed by atoms with van der Waals surface area (Å²) in [4.78, 5) is 11.2. The summed E-state index contributed by atoms with van der Waals surface area (Å²) in [6.07, 6.45) is 4.84. The molecule has 2 atom stereocenters. The summed E-state index contributed by atoms with van der Waals surface area (Å²) in [5, 5.41) is 9.16. The molecule has 3 heteroatoms. The molecule has 1 aliphatic heterocycles. The summed E-state index contributed by atoms with van der Waals surface area (Å²) in [5.74, 6) is -0.587. The van der Waals surface area contributed by atoms with Crippen molar-refractivity contribution in [2.45, 2.75) is 38.2 Å². The van der Waals surface area contributed by atoms with E-state index in [1.807, 2.05) is 6.07 Å². The predicted molar refractivity (Wildman–Crippen MR) is 93.7 cm³/mol. The van der Waals surface area contributed by atoms with Crippen molar-refractivity contribution in [2.24, 2.45) is 5.92 Å². The third kappa shape index (κ3) is 4.24. The van der Waals surface area contributed by atoms with E-state index >= 15 is 0 Å². The molecule has 126 valence electrons. The second kappa shape index (κ2) is 8.11. The monoisotopic (exact) mass is 324 g/mol. The van der Waals surface area contributed by atoms with Gasteiger partial charge < -0.3 is 9.84 Å². The number of benzene rings is 2. The molecule has 0 aliphatic carbocycles. The molecular formula is C21H24O3. The van der Waals surface area contributed by atoms with Gasteiger partial charge in [-0.3, -0.25) is 4.79 Å².